The lowest BCUT2D eigenvalue weighted by atomic mass is 9.87. The number of phenols is 1. The summed E-state index contributed by atoms with van der Waals surface area (Å²) in [6, 6.07) is 19.1. The molecule has 0 fully saturated rings. The Hall–Kier alpha value is -4.39. The molecule has 0 heterocycles. The molecule has 0 aliphatic heterocycles. The minimum atomic E-state index is -0.674. The van der Waals surface area contributed by atoms with Crippen LogP contribution in [0, 0.1) is 0 Å². The summed E-state index contributed by atoms with van der Waals surface area (Å²) in [5.74, 6) is -0.790. The molecule has 3 aromatic rings. The number of Topliss-reactive ketones (excluding diaryl/α,β-unsaturated/α-hetero) is 1. The second kappa shape index (κ2) is 8.77. The molecular weight excluding hydrogens is 408 g/mol. The van der Waals surface area contributed by atoms with Crippen LogP contribution in [0.25, 0.3) is 5.76 Å². The fourth-order valence-corrected chi connectivity index (χ4v) is 3.35. The van der Waals surface area contributed by atoms with Crippen molar-refractivity contribution in [1.82, 2.24) is 0 Å². The van der Waals surface area contributed by atoms with E-state index in [4.69, 9.17) is 4.74 Å². The van der Waals surface area contributed by atoms with Crippen LogP contribution in [0.15, 0.2) is 83.4 Å². The van der Waals surface area contributed by atoms with Crippen LogP contribution in [0.2, 0.25) is 0 Å². The number of ketones is 1. The van der Waals surface area contributed by atoms with Gasteiger partial charge in [-0.1, -0.05) is 24.3 Å². The summed E-state index contributed by atoms with van der Waals surface area (Å²) in [6.07, 6.45) is 0. The quantitative estimate of drug-likeness (QED) is 0.547. The summed E-state index contributed by atoms with van der Waals surface area (Å²) in [6.45, 7) is 2.39. The number of aliphatic hydroxyl groups is 1. The van der Waals surface area contributed by atoms with Crippen molar-refractivity contribution in [2.75, 3.05) is 11.9 Å². The molecule has 0 spiro atoms. The molecule has 0 atom stereocenters. The Morgan fingerprint density at radius 2 is 1.59 bits per heavy atom. The maximum Gasteiger partial charge on any atom is 0.261 e. The van der Waals surface area contributed by atoms with E-state index in [1.165, 1.54) is 24.3 Å². The molecule has 7 heteroatoms. The molecule has 1 aliphatic rings. The maximum atomic E-state index is 13.2. The second-order valence-corrected chi connectivity index (χ2v) is 6.99. The number of ether oxygens (including phenoxy) is 1. The SMILES string of the molecule is CCOc1ccc(NC(=O)C2=C(O)c3ccccc3C(=O)C2=Nc2ccc(O)cc2)cc1. The Balaban J connectivity index is 1.76. The van der Waals surface area contributed by atoms with Gasteiger partial charge >= 0.3 is 0 Å². The van der Waals surface area contributed by atoms with Crippen molar-refractivity contribution in [2.24, 2.45) is 4.99 Å². The Bertz CT molecular complexity index is 1240. The average Bonchev–Trinajstić information content (AvgIpc) is 2.80. The van der Waals surface area contributed by atoms with Gasteiger partial charge in [0.25, 0.3) is 5.91 Å². The van der Waals surface area contributed by atoms with Crippen molar-refractivity contribution in [3.8, 4) is 11.5 Å². The molecular formula is C25H20N2O5. The van der Waals surface area contributed by atoms with Gasteiger partial charge in [-0.2, -0.15) is 0 Å². The van der Waals surface area contributed by atoms with E-state index < -0.39 is 11.7 Å². The van der Waals surface area contributed by atoms with Gasteiger partial charge in [0.15, 0.2) is 0 Å². The van der Waals surface area contributed by atoms with Crippen LogP contribution < -0.4 is 10.1 Å². The third-order valence-corrected chi connectivity index (χ3v) is 4.86. The zero-order valence-corrected chi connectivity index (χ0v) is 17.2. The lowest BCUT2D eigenvalue weighted by molar-refractivity contribution is -0.112. The smallest absolute Gasteiger partial charge is 0.261 e. The van der Waals surface area contributed by atoms with Gasteiger partial charge in [-0.15, -0.1) is 0 Å². The first-order valence-corrected chi connectivity index (χ1v) is 9.97. The van der Waals surface area contributed by atoms with Crippen molar-refractivity contribution in [1.29, 1.82) is 0 Å². The molecule has 7 nitrogen and oxygen atoms in total. The molecule has 1 amide bonds. The fraction of sp³-hybridized carbons (Fsp3) is 0.0800. The number of nitrogens with one attached hydrogen (secondary N) is 1. The summed E-state index contributed by atoms with van der Waals surface area (Å²) >= 11 is 0. The molecule has 160 valence electrons. The minimum absolute atomic E-state index is 0.0427. The van der Waals surface area contributed by atoms with Gasteiger partial charge in [0.1, 0.15) is 28.5 Å². The minimum Gasteiger partial charge on any atom is -0.508 e. The van der Waals surface area contributed by atoms with E-state index in [1.807, 2.05) is 6.92 Å². The third kappa shape index (κ3) is 4.09. The van der Waals surface area contributed by atoms with E-state index in [9.17, 15) is 19.8 Å². The highest BCUT2D eigenvalue weighted by Crippen LogP contribution is 2.31. The van der Waals surface area contributed by atoms with Crippen LogP contribution in [-0.4, -0.2) is 34.2 Å². The van der Waals surface area contributed by atoms with Gasteiger partial charge in [0, 0.05) is 16.8 Å². The molecule has 1 aliphatic carbocycles. The number of aliphatic imine (C=N–C) groups is 1. The Labute approximate surface area is 184 Å². The number of nitrogens with zero attached hydrogens (tertiary/aromatic N) is 1. The van der Waals surface area contributed by atoms with E-state index in [1.54, 1.807) is 48.5 Å². The number of benzene rings is 3. The predicted octanol–water partition coefficient (Wildman–Crippen LogP) is 4.67. The highest BCUT2D eigenvalue weighted by atomic mass is 16.5. The molecule has 4 rings (SSSR count). The first kappa shape index (κ1) is 20.9. The van der Waals surface area contributed by atoms with E-state index in [0.717, 1.165) is 0 Å². The second-order valence-electron chi connectivity index (χ2n) is 6.99. The number of amides is 1. The van der Waals surface area contributed by atoms with Gasteiger partial charge < -0.3 is 20.3 Å². The first-order chi connectivity index (χ1) is 15.5. The van der Waals surface area contributed by atoms with Crippen LogP contribution in [-0.2, 0) is 4.79 Å². The molecule has 0 aromatic heterocycles. The normalized spacial score (nSPS) is 14.3. The van der Waals surface area contributed by atoms with Gasteiger partial charge in [0.05, 0.1) is 12.3 Å². The lowest BCUT2D eigenvalue weighted by Crippen LogP contribution is -2.31. The number of phenolic OH excluding ortho intramolecular Hbond substituents is 1. The number of aromatic hydroxyl groups is 1. The predicted molar refractivity (Wildman–Crippen MR) is 122 cm³/mol. The van der Waals surface area contributed by atoms with Crippen molar-refractivity contribution in [2.45, 2.75) is 6.92 Å². The van der Waals surface area contributed by atoms with Crippen molar-refractivity contribution >= 4 is 34.5 Å². The highest BCUT2D eigenvalue weighted by molar-refractivity contribution is 6.60. The molecule has 0 radical (unpaired) electrons. The number of hydrogen-bond donors (Lipinski definition) is 3. The molecule has 3 aromatic carbocycles. The number of carbonyl (C=O) groups is 2. The topological polar surface area (TPSA) is 108 Å². The van der Waals surface area contributed by atoms with E-state index >= 15 is 0 Å². The van der Waals surface area contributed by atoms with E-state index in [-0.39, 0.29) is 33.9 Å². The van der Waals surface area contributed by atoms with Crippen molar-refractivity contribution in [3.05, 3.63) is 89.5 Å². The standard InChI is InChI=1S/C25H20N2O5/c1-2-32-18-13-9-16(10-14-18)27-25(31)21-22(26-15-7-11-17(28)12-8-15)24(30)20-6-4-3-5-19(20)23(21)29/h3-14,28-29H,2H2,1H3,(H,27,31). The van der Waals surface area contributed by atoms with Crippen molar-refractivity contribution in [3.63, 3.8) is 0 Å². The molecule has 0 bridgehead atoms. The van der Waals surface area contributed by atoms with Gasteiger partial charge in [-0.05, 0) is 55.5 Å². The monoisotopic (exact) mass is 428 g/mol. The third-order valence-electron chi connectivity index (χ3n) is 4.86. The molecule has 32 heavy (non-hydrogen) atoms. The van der Waals surface area contributed by atoms with Crippen LogP contribution in [0.5, 0.6) is 11.5 Å². The summed E-state index contributed by atoms with van der Waals surface area (Å²) in [4.78, 5) is 30.7. The molecule has 3 N–H and O–H groups in total. The number of anilines is 1. The summed E-state index contributed by atoms with van der Waals surface area (Å²) < 4.78 is 5.40. The lowest BCUT2D eigenvalue weighted by Gasteiger charge is -2.20. The number of aliphatic hydroxyl groups excluding tert-OH is 1. The Morgan fingerprint density at radius 1 is 0.938 bits per heavy atom. The van der Waals surface area contributed by atoms with Gasteiger partial charge in [-0.25, -0.2) is 4.99 Å². The highest BCUT2D eigenvalue weighted by Gasteiger charge is 2.35. The van der Waals surface area contributed by atoms with Crippen LogP contribution in [0.3, 0.4) is 0 Å². The Kier molecular flexibility index (Phi) is 5.72. The zero-order chi connectivity index (χ0) is 22.7. The molecule has 0 saturated heterocycles. The number of hydrogen-bond acceptors (Lipinski definition) is 6. The van der Waals surface area contributed by atoms with Crippen molar-refractivity contribution < 1.29 is 24.5 Å². The fourth-order valence-electron chi connectivity index (χ4n) is 3.35. The van der Waals surface area contributed by atoms with Crippen LogP contribution in [0.4, 0.5) is 11.4 Å². The number of carbonyl (C=O) groups excluding carboxylic acids is 2. The summed E-state index contributed by atoms with van der Waals surface area (Å²) in [5.41, 5.74) is 0.920. The Morgan fingerprint density at radius 3 is 2.25 bits per heavy atom. The van der Waals surface area contributed by atoms with E-state index in [0.29, 0.717) is 23.7 Å². The van der Waals surface area contributed by atoms with E-state index in [2.05, 4.69) is 10.3 Å². The van der Waals surface area contributed by atoms with Gasteiger partial charge in [-0.3, -0.25) is 9.59 Å². The maximum absolute atomic E-state index is 13.2. The first-order valence-electron chi connectivity index (χ1n) is 9.97. The number of fused-ring (bicyclic) bond motifs is 1. The number of rotatable bonds is 5. The van der Waals surface area contributed by atoms with Crippen LogP contribution >= 0.6 is 0 Å². The molecule has 0 saturated carbocycles. The largest absolute Gasteiger partial charge is 0.508 e. The molecule has 0 unspecified atom stereocenters. The van der Waals surface area contributed by atoms with Crippen LogP contribution in [0.1, 0.15) is 22.8 Å². The zero-order valence-electron chi connectivity index (χ0n) is 17.2. The average molecular weight is 428 g/mol. The summed E-state index contributed by atoms with van der Waals surface area (Å²) in [7, 11) is 0. The van der Waals surface area contributed by atoms with Gasteiger partial charge in [0.2, 0.25) is 5.78 Å². The summed E-state index contributed by atoms with van der Waals surface area (Å²) in [5, 5.41) is 23.1.